The highest BCUT2D eigenvalue weighted by atomic mass is 16.1. The zero-order chi connectivity index (χ0) is 21.6. The molecule has 1 saturated heterocycles. The Morgan fingerprint density at radius 2 is 2.00 bits per heavy atom. The molecule has 4 rings (SSSR count). The van der Waals surface area contributed by atoms with Crippen LogP contribution in [0.3, 0.4) is 0 Å². The van der Waals surface area contributed by atoms with Crippen LogP contribution in [0, 0.1) is 11.3 Å². The minimum atomic E-state index is -0.511. The third-order valence-corrected chi connectivity index (χ3v) is 5.29. The number of nitriles is 1. The van der Waals surface area contributed by atoms with Gasteiger partial charge in [-0.2, -0.15) is 5.26 Å². The molecule has 1 fully saturated rings. The Morgan fingerprint density at radius 3 is 2.65 bits per heavy atom. The predicted octanol–water partition coefficient (Wildman–Crippen LogP) is 1.91. The second-order valence-electron chi connectivity index (χ2n) is 7.39. The van der Waals surface area contributed by atoms with E-state index in [1.807, 2.05) is 18.2 Å². The predicted molar refractivity (Wildman–Crippen MR) is 115 cm³/mol. The van der Waals surface area contributed by atoms with Gasteiger partial charge in [0.1, 0.15) is 18.2 Å². The number of primary amides is 1. The van der Waals surface area contributed by atoms with Gasteiger partial charge in [-0.25, -0.2) is 15.0 Å². The van der Waals surface area contributed by atoms with Crippen molar-refractivity contribution in [3.63, 3.8) is 0 Å². The van der Waals surface area contributed by atoms with E-state index >= 15 is 0 Å². The van der Waals surface area contributed by atoms with E-state index in [4.69, 9.17) is 11.0 Å². The Labute approximate surface area is 180 Å². The van der Waals surface area contributed by atoms with Crippen molar-refractivity contribution in [2.75, 3.05) is 23.3 Å². The van der Waals surface area contributed by atoms with Crippen molar-refractivity contribution < 1.29 is 4.79 Å². The first-order valence-corrected chi connectivity index (χ1v) is 10.0. The van der Waals surface area contributed by atoms with E-state index in [0.717, 1.165) is 43.1 Å². The molecule has 9 heteroatoms. The Bertz CT molecular complexity index is 1090. The van der Waals surface area contributed by atoms with Crippen LogP contribution in [0.2, 0.25) is 0 Å². The number of nitrogens with zero attached hydrogens (tertiary/aromatic N) is 6. The van der Waals surface area contributed by atoms with Crippen molar-refractivity contribution >= 4 is 17.4 Å². The number of aromatic nitrogens is 4. The molecule has 0 radical (unpaired) electrons. The van der Waals surface area contributed by atoms with Crippen LogP contribution >= 0.6 is 0 Å². The number of nitrogens with two attached hydrogens (primary N) is 1. The quantitative estimate of drug-likeness (QED) is 0.625. The molecule has 0 unspecified atom stereocenters. The van der Waals surface area contributed by atoms with Crippen molar-refractivity contribution in [1.29, 1.82) is 5.26 Å². The second-order valence-corrected chi connectivity index (χ2v) is 7.39. The summed E-state index contributed by atoms with van der Waals surface area (Å²) in [5.74, 6) is 0.356. The number of rotatable bonds is 6. The summed E-state index contributed by atoms with van der Waals surface area (Å²) in [4.78, 5) is 31.0. The summed E-state index contributed by atoms with van der Waals surface area (Å²) in [5, 5.41) is 12.4. The minimum Gasteiger partial charge on any atom is -0.381 e. The lowest BCUT2D eigenvalue weighted by atomic mass is 10.0. The van der Waals surface area contributed by atoms with Gasteiger partial charge in [-0.05, 0) is 37.1 Å². The summed E-state index contributed by atoms with van der Waals surface area (Å²) in [6, 6.07) is 9.64. The maximum Gasteiger partial charge on any atom is 0.252 e. The number of amides is 1. The highest BCUT2D eigenvalue weighted by Gasteiger charge is 2.22. The van der Waals surface area contributed by atoms with Gasteiger partial charge in [0.05, 0.1) is 16.8 Å². The highest BCUT2D eigenvalue weighted by molar-refractivity contribution is 5.98. The van der Waals surface area contributed by atoms with Crippen LogP contribution < -0.4 is 16.0 Å². The third-order valence-electron chi connectivity index (χ3n) is 5.29. The molecular formula is C22H22N8O. The largest absolute Gasteiger partial charge is 0.381 e. The average molecular weight is 414 g/mol. The summed E-state index contributed by atoms with van der Waals surface area (Å²) in [6.07, 6.45) is 8.61. The van der Waals surface area contributed by atoms with Crippen LogP contribution in [0.5, 0.6) is 0 Å². The number of carbonyl (C=O) groups is 1. The van der Waals surface area contributed by atoms with Gasteiger partial charge >= 0.3 is 0 Å². The lowest BCUT2D eigenvalue weighted by molar-refractivity contribution is 0.100. The number of nitrogens with one attached hydrogen (secondary N) is 1. The molecule has 0 saturated carbocycles. The maximum atomic E-state index is 11.9. The summed E-state index contributed by atoms with van der Waals surface area (Å²) >= 11 is 0. The van der Waals surface area contributed by atoms with Crippen LogP contribution in [0.1, 0.15) is 40.2 Å². The number of carbonyl (C=O) groups excluding carboxylic acids is 1. The number of piperidine rings is 1. The van der Waals surface area contributed by atoms with Crippen LogP contribution in [-0.2, 0) is 6.42 Å². The molecule has 1 aliphatic heterocycles. The fourth-order valence-electron chi connectivity index (χ4n) is 3.63. The van der Waals surface area contributed by atoms with Crippen LogP contribution in [-0.4, -0.2) is 45.0 Å². The first-order chi connectivity index (χ1) is 15.1. The molecule has 3 aromatic rings. The molecular weight excluding hydrogens is 392 g/mol. The van der Waals surface area contributed by atoms with Gasteiger partial charge < -0.3 is 16.0 Å². The van der Waals surface area contributed by atoms with Gasteiger partial charge in [-0.15, -0.1) is 0 Å². The Balaban J connectivity index is 1.43. The average Bonchev–Trinajstić information content (AvgIpc) is 2.80. The molecule has 3 N–H and O–H groups in total. The molecule has 0 aliphatic carbocycles. The summed E-state index contributed by atoms with van der Waals surface area (Å²) in [6.45, 7) is 1.64. The SMILES string of the molecule is N#Cc1ccc(N2CCC(Nc3cc(Cc4ccncn4)ncc3C(N)=O)CC2)nc1. The number of pyridine rings is 2. The summed E-state index contributed by atoms with van der Waals surface area (Å²) < 4.78 is 0. The van der Waals surface area contributed by atoms with E-state index in [-0.39, 0.29) is 6.04 Å². The molecule has 0 aromatic carbocycles. The first kappa shape index (κ1) is 20.2. The van der Waals surface area contributed by atoms with E-state index in [2.05, 4.69) is 36.2 Å². The van der Waals surface area contributed by atoms with Crippen molar-refractivity contribution in [2.45, 2.75) is 25.3 Å². The highest BCUT2D eigenvalue weighted by Crippen LogP contribution is 2.23. The van der Waals surface area contributed by atoms with Gasteiger partial charge in [-0.1, -0.05) is 0 Å². The smallest absolute Gasteiger partial charge is 0.252 e. The third kappa shape index (κ3) is 4.93. The molecule has 156 valence electrons. The Hall–Kier alpha value is -4.06. The molecule has 4 heterocycles. The Morgan fingerprint density at radius 1 is 1.16 bits per heavy atom. The normalized spacial score (nSPS) is 14.1. The van der Waals surface area contributed by atoms with E-state index in [1.165, 1.54) is 12.5 Å². The van der Waals surface area contributed by atoms with Crippen molar-refractivity contribution in [1.82, 2.24) is 19.9 Å². The monoisotopic (exact) mass is 414 g/mol. The maximum absolute atomic E-state index is 11.9. The Kier molecular flexibility index (Phi) is 5.98. The molecule has 3 aromatic heterocycles. The summed E-state index contributed by atoms with van der Waals surface area (Å²) in [5.41, 5.74) is 8.84. The number of hydrogen-bond acceptors (Lipinski definition) is 8. The molecule has 0 bridgehead atoms. The van der Waals surface area contributed by atoms with Gasteiger partial charge in [0.2, 0.25) is 0 Å². The minimum absolute atomic E-state index is 0.196. The summed E-state index contributed by atoms with van der Waals surface area (Å²) in [7, 11) is 0. The van der Waals surface area contributed by atoms with Crippen LogP contribution in [0.25, 0.3) is 0 Å². The molecule has 0 spiro atoms. The lowest BCUT2D eigenvalue weighted by Crippen LogP contribution is -2.39. The van der Waals surface area contributed by atoms with Crippen molar-refractivity contribution in [3.8, 4) is 6.07 Å². The van der Waals surface area contributed by atoms with Crippen LogP contribution in [0.4, 0.5) is 11.5 Å². The van der Waals surface area contributed by atoms with Crippen LogP contribution in [0.15, 0.2) is 49.2 Å². The van der Waals surface area contributed by atoms with E-state index in [0.29, 0.717) is 23.2 Å². The van der Waals surface area contributed by atoms with Gasteiger partial charge in [-0.3, -0.25) is 9.78 Å². The standard InChI is InChI=1S/C22H22N8O/c23-11-15-1-2-21(27-12-15)30-7-4-16(5-8-30)29-20-10-18(26-13-19(20)22(24)31)9-17-3-6-25-14-28-17/h1-3,6,10,12-14,16H,4-5,7-9H2,(H2,24,31)(H,26,29). The zero-order valence-corrected chi connectivity index (χ0v) is 16.9. The lowest BCUT2D eigenvalue weighted by Gasteiger charge is -2.34. The topological polar surface area (TPSA) is 134 Å². The second kappa shape index (κ2) is 9.17. The van der Waals surface area contributed by atoms with E-state index < -0.39 is 5.91 Å². The van der Waals surface area contributed by atoms with Gasteiger partial charge in [0.25, 0.3) is 5.91 Å². The van der Waals surface area contributed by atoms with Gasteiger partial charge in [0.15, 0.2) is 0 Å². The molecule has 9 nitrogen and oxygen atoms in total. The molecule has 0 atom stereocenters. The number of anilines is 2. The molecule has 1 aliphatic rings. The fourth-order valence-corrected chi connectivity index (χ4v) is 3.63. The zero-order valence-electron chi connectivity index (χ0n) is 16.9. The van der Waals surface area contributed by atoms with Crippen molar-refractivity contribution in [3.05, 3.63) is 71.7 Å². The molecule has 1 amide bonds. The molecule has 31 heavy (non-hydrogen) atoms. The fraction of sp³-hybridized carbons (Fsp3) is 0.273. The van der Waals surface area contributed by atoms with Crippen molar-refractivity contribution in [2.24, 2.45) is 5.73 Å². The van der Waals surface area contributed by atoms with Gasteiger partial charge in [0, 0.05) is 55.5 Å². The van der Waals surface area contributed by atoms with E-state index in [1.54, 1.807) is 18.5 Å². The number of hydrogen-bond donors (Lipinski definition) is 2. The van der Waals surface area contributed by atoms with E-state index in [9.17, 15) is 4.79 Å². The first-order valence-electron chi connectivity index (χ1n) is 10.0.